The van der Waals surface area contributed by atoms with Crippen molar-refractivity contribution in [1.29, 1.82) is 0 Å². The monoisotopic (exact) mass is 194 g/mol. The van der Waals surface area contributed by atoms with Gasteiger partial charge < -0.3 is 10.6 Å². The third-order valence-corrected chi connectivity index (χ3v) is 2.61. The number of likely N-dealkylation sites (N-methyl/N-ethyl adjacent to an activating group) is 1. The number of nitrogens with zero attached hydrogens (tertiary/aromatic N) is 1. The fourth-order valence-electron chi connectivity index (χ4n) is 1.78. The average molecular weight is 194 g/mol. The van der Waals surface area contributed by atoms with E-state index in [4.69, 9.17) is 5.73 Å². The number of rotatable bonds is 1. The van der Waals surface area contributed by atoms with Crippen LogP contribution >= 0.6 is 0 Å². The first kappa shape index (κ1) is 9.15. The summed E-state index contributed by atoms with van der Waals surface area (Å²) in [7, 11) is 1.63. The van der Waals surface area contributed by atoms with Gasteiger partial charge in [-0.3, -0.25) is 4.79 Å². The molecule has 1 aromatic carbocycles. The number of hydrogen-bond acceptors (Lipinski definition) is 2. The summed E-state index contributed by atoms with van der Waals surface area (Å²) in [6, 6.07) is 5.47. The van der Waals surface area contributed by atoms with Crippen LogP contribution in [-0.4, -0.2) is 23.9 Å². The van der Waals surface area contributed by atoms with E-state index in [0.717, 1.165) is 0 Å². The summed E-state index contributed by atoms with van der Waals surface area (Å²) in [6.07, 6.45) is 0. The van der Waals surface area contributed by atoms with Gasteiger partial charge in [0.15, 0.2) is 0 Å². The molecule has 1 amide bonds. The minimum Gasteiger partial charge on any atom is -0.335 e. The van der Waals surface area contributed by atoms with Gasteiger partial charge in [0.25, 0.3) is 0 Å². The predicted molar refractivity (Wildman–Crippen MR) is 49.9 cm³/mol. The summed E-state index contributed by atoms with van der Waals surface area (Å²) in [6.45, 7) is 0. The van der Waals surface area contributed by atoms with Crippen molar-refractivity contribution in [2.75, 3.05) is 7.05 Å². The second kappa shape index (κ2) is 3.06. The van der Waals surface area contributed by atoms with Crippen molar-refractivity contribution in [2.45, 2.75) is 12.1 Å². The molecule has 0 bridgehead atoms. The van der Waals surface area contributed by atoms with Gasteiger partial charge in [0.2, 0.25) is 5.91 Å². The van der Waals surface area contributed by atoms with Crippen molar-refractivity contribution in [3.63, 3.8) is 0 Å². The zero-order valence-corrected chi connectivity index (χ0v) is 7.77. The Hall–Kier alpha value is -1.42. The van der Waals surface area contributed by atoms with Gasteiger partial charge in [-0.05, 0) is 6.07 Å². The number of carbonyl (C=O) groups excluding carboxylic acids is 1. The summed E-state index contributed by atoms with van der Waals surface area (Å²) < 4.78 is 13.3. The maximum absolute atomic E-state index is 13.3. The van der Waals surface area contributed by atoms with E-state index in [2.05, 4.69) is 0 Å². The highest BCUT2D eigenvalue weighted by molar-refractivity contribution is 5.89. The molecular formula is C10H11FN2O. The Balaban J connectivity index is 2.33. The standard InChI is InChI=1S/C10H11FN2O/c1-13-9(8(12)10(13)14)6-4-2-3-5-7(6)11/h2-5,8-9H,12H2,1H3/t8-,9-/m1/s1. The van der Waals surface area contributed by atoms with Crippen LogP contribution in [0.15, 0.2) is 24.3 Å². The summed E-state index contributed by atoms with van der Waals surface area (Å²) in [5.74, 6) is -0.453. The number of benzene rings is 1. The number of carbonyl (C=O) groups is 1. The Morgan fingerprint density at radius 3 is 2.64 bits per heavy atom. The lowest BCUT2D eigenvalue weighted by molar-refractivity contribution is -0.147. The number of halogens is 1. The third kappa shape index (κ3) is 1.11. The molecule has 74 valence electrons. The number of hydrogen-bond donors (Lipinski definition) is 1. The van der Waals surface area contributed by atoms with Crippen LogP contribution in [0.3, 0.4) is 0 Å². The van der Waals surface area contributed by atoms with Gasteiger partial charge in [0.1, 0.15) is 11.9 Å². The van der Waals surface area contributed by atoms with E-state index in [1.807, 2.05) is 0 Å². The summed E-state index contributed by atoms with van der Waals surface area (Å²) in [5.41, 5.74) is 6.09. The maximum atomic E-state index is 13.3. The molecule has 1 saturated heterocycles. The Bertz CT molecular complexity index is 368. The molecule has 1 fully saturated rings. The fourth-order valence-corrected chi connectivity index (χ4v) is 1.78. The van der Waals surface area contributed by atoms with Crippen LogP contribution in [0.4, 0.5) is 4.39 Å². The molecule has 1 aliphatic heterocycles. The molecule has 0 saturated carbocycles. The topological polar surface area (TPSA) is 46.3 Å². The first-order chi connectivity index (χ1) is 6.63. The molecule has 0 aromatic heterocycles. The number of likely N-dealkylation sites (tertiary alicyclic amines) is 1. The average Bonchev–Trinajstić information content (AvgIpc) is 2.21. The smallest absolute Gasteiger partial charge is 0.242 e. The third-order valence-electron chi connectivity index (χ3n) is 2.61. The lowest BCUT2D eigenvalue weighted by Gasteiger charge is -2.43. The van der Waals surface area contributed by atoms with Gasteiger partial charge in [-0.2, -0.15) is 0 Å². The van der Waals surface area contributed by atoms with E-state index in [1.54, 1.807) is 25.2 Å². The highest BCUT2D eigenvalue weighted by Crippen LogP contribution is 2.32. The predicted octanol–water partition coefficient (Wildman–Crippen LogP) is 0.666. The minimum atomic E-state index is -0.600. The summed E-state index contributed by atoms with van der Waals surface area (Å²) in [4.78, 5) is 12.6. The van der Waals surface area contributed by atoms with Gasteiger partial charge >= 0.3 is 0 Å². The molecule has 3 nitrogen and oxygen atoms in total. The molecule has 1 aliphatic rings. The van der Waals surface area contributed by atoms with Crippen molar-refractivity contribution in [2.24, 2.45) is 5.73 Å². The number of amides is 1. The largest absolute Gasteiger partial charge is 0.335 e. The van der Waals surface area contributed by atoms with Crippen LogP contribution in [0.2, 0.25) is 0 Å². The van der Waals surface area contributed by atoms with E-state index >= 15 is 0 Å². The van der Waals surface area contributed by atoms with E-state index in [1.165, 1.54) is 11.0 Å². The van der Waals surface area contributed by atoms with E-state index < -0.39 is 6.04 Å². The van der Waals surface area contributed by atoms with Crippen LogP contribution in [0, 0.1) is 5.82 Å². The summed E-state index contributed by atoms with van der Waals surface area (Å²) >= 11 is 0. The zero-order valence-electron chi connectivity index (χ0n) is 7.77. The molecule has 14 heavy (non-hydrogen) atoms. The van der Waals surface area contributed by atoms with Crippen LogP contribution < -0.4 is 5.73 Å². The first-order valence-corrected chi connectivity index (χ1v) is 4.39. The Labute approximate surface area is 81.3 Å². The second-order valence-electron chi connectivity index (χ2n) is 3.44. The number of β-lactam (4-membered cyclic amide) rings is 1. The van der Waals surface area contributed by atoms with Crippen LogP contribution in [0.5, 0.6) is 0 Å². The molecule has 0 unspecified atom stereocenters. The molecule has 0 aliphatic carbocycles. The molecule has 0 spiro atoms. The van der Waals surface area contributed by atoms with E-state index in [0.29, 0.717) is 5.56 Å². The molecule has 4 heteroatoms. The lowest BCUT2D eigenvalue weighted by atomic mass is 9.90. The van der Waals surface area contributed by atoms with Gasteiger partial charge in [-0.15, -0.1) is 0 Å². The SMILES string of the molecule is CN1C(=O)[C@H](N)[C@H]1c1ccccc1F. The Kier molecular flexibility index (Phi) is 2.00. The van der Waals surface area contributed by atoms with Crippen LogP contribution in [-0.2, 0) is 4.79 Å². The van der Waals surface area contributed by atoms with Crippen molar-refractivity contribution in [3.05, 3.63) is 35.6 Å². The Morgan fingerprint density at radius 2 is 2.07 bits per heavy atom. The zero-order chi connectivity index (χ0) is 10.3. The fraction of sp³-hybridized carbons (Fsp3) is 0.300. The van der Waals surface area contributed by atoms with Crippen molar-refractivity contribution >= 4 is 5.91 Å². The van der Waals surface area contributed by atoms with E-state index in [-0.39, 0.29) is 17.8 Å². The highest BCUT2D eigenvalue weighted by atomic mass is 19.1. The normalized spacial score (nSPS) is 26.2. The maximum Gasteiger partial charge on any atom is 0.242 e. The molecule has 1 aromatic rings. The highest BCUT2D eigenvalue weighted by Gasteiger charge is 2.44. The summed E-state index contributed by atoms with van der Waals surface area (Å²) in [5, 5.41) is 0. The Morgan fingerprint density at radius 1 is 1.43 bits per heavy atom. The molecule has 2 rings (SSSR count). The van der Waals surface area contributed by atoms with Crippen LogP contribution in [0.1, 0.15) is 11.6 Å². The first-order valence-electron chi connectivity index (χ1n) is 4.39. The number of nitrogens with two attached hydrogens (primary N) is 1. The molecule has 2 N–H and O–H groups in total. The minimum absolute atomic E-state index is 0.141. The quantitative estimate of drug-likeness (QED) is 0.668. The van der Waals surface area contributed by atoms with E-state index in [9.17, 15) is 9.18 Å². The molecule has 1 heterocycles. The molecule has 0 radical (unpaired) electrons. The lowest BCUT2D eigenvalue weighted by Crippen LogP contribution is -2.61. The van der Waals surface area contributed by atoms with Crippen molar-refractivity contribution < 1.29 is 9.18 Å². The van der Waals surface area contributed by atoms with Gasteiger partial charge in [0, 0.05) is 12.6 Å². The van der Waals surface area contributed by atoms with Crippen LogP contribution in [0.25, 0.3) is 0 Å². The molecular weight excluding hydrogens is 183 g/mol. The van der Waals surface area contributed by atoms with Crippen molar-refractivity contribution in [1.82, 2.24) is 4.90 Å². The van der Waals surface area contributed by atoms with Gasteiger partial charge in [0.05, 0.1) is 6.04 Å². The second-order valence-corrected chi connectivity index (χ2v) is 3.44. The van der Waals surface area contributed by atoms with Gasteiger partial charge in [-0.25, -0.2) is 4.39 Å². The van der Waals surface area contributed by atoms with Crippen molar-refractivity contribution in [3.8, 4) is 0 Å². The van der Waals surface area contributed by atoms with Gasteiger partial charge in [-0.1, -0.05) is 18.2 Å². The molecule has 2 atom stereocenters.